The van der Waals surface area contributed by atoms with Gasteiger partial charge in [-0.25, -0.2) is 0 Å². The number of fused-ring (bicyclic) bond motifs is 1. The van der Waals surface area contributed by atoms with Crippen molar-refractivity contribution in [1.29, 1.82) is 0 Å². The number of benzene rings is 10. The van der Waals surface area contributed by atoms with Gasteiger partial charge in [0.25, 0.3) is 0 Å². The molecule has 1 heterocycles. The number of nitrogens with two attached hydrogens (primary N) is 2. The van der Waals surface area contributed by atoms with Gasteiger partial charge >= 0.3 is 0 Å². The van der Waals surface area contributed by atoms with E-state index in [0.29, 0.717) is 11.4 Å². The Balaban J connectivity index is 1.35. The van der Waals surface area contributed by atoms with Crippen LogP contribution < -0.4 is 11.5 Å². The van der Waals surface area contributed by atoms with Crippen molar-refractivity contribution in [2.45, 2.75) is 0 Å². The summed E-state index contributed by atoms with van der Waals surface area (Å²) in [4.78, 5) is 1.15. The second-order valence-corrected chi connectivity index (χ2v) is 17.2. The third-order valence-corrected chi connectivity index (χ3v) is 13.5. The third kappa shape index (κ3) is 7.09. The van der Waals surface area contributed by atoms with Crippen LogP contribution in [0, 0.1) is 0 Å². The van der Waals surface area contributed by atoms with E-state index in [1.807, 2.05) is 0 Å². The molecule has 0 bridgehead atoms. The number of thiophene rings is 1. The zero-order valence-electron chi connectivity index (χ0n) is 35.7. The predicted molar refractivity (Wildman–Crippen MR) is 280 cm³/mol. The molecule has 2 nitrogen and oxygen atoms in total. The normalized spacial score (nSPS) is 11.2. The van der Waals surface area contributed by atoms with Gasteiger partial charge in [0.2, 0.25) is 0 Å². The molecule has 3 heteroatoms. The van der Waals surface area contributed by atoms with E-state index in [9.17, 15) is 0 Å². The van der Waals surface area contributed by atoms with E-state index in [4.69, 9.17) is 11.5 Å². The lowest BCUT2D eigenvalue weighted by Gasteiger charge is -2.29. The van der Waals surface area contributed by atoms with Gasteiger partial charge in [-0.15, -0.1) is 11.3 Å². The summed E-state index contributed by atoms with van der Waals surface area (Å²) in [5, 5.41) is 4.42. The van der Waals surface area contributed by atoms with Crippen LogP contribution in [0.15, 0.2) is 242 Å². The summed E-state index contributed by atoms with van der Waals surface area (Å²) in [6.07, 6.45) is 0. The van der Waals surface area contributed by atoms with Crippen molar-refractivity contribution >= 4 is 33.5 Å². The van der Waals surface area contributed by atoms with E-state index in [2.05, 4.69) is 242 Å². The van der Waals surface area contributed by atoms with Crippen LogP contribution in [0.2, 0.25) is 0 Å². The summed E-state index contributed by atoms with van der Waals surface area (Å²) in [7, 11) is 0. The van der Waals surface area contributed by atoms with Crippen molar-refractivity contribution in [1.82, 2.24) is 0 Å². The van der Waals surface area contributed by atoms with E-state index in [1.54, 1.807) is 11.3 Å². The maximum absolute atomic E-state index is 7.83. The molecule has 0 aliphatic carbocycles. The van der Waals surface area contributed by atoms with Gasteiger partial charge in [0, 0.05) is 32.7 Å². The molecule has 11 aromatic rings. The Kier molecular flexibility index (Phi) is 10.4. The lowest BCUT2D eigenvalue weighted by Crippen LogP contribution is -2.07. The van der Waals surface area contributed by atoms with E-state index in [0.717, 1.165) is 110 Å². The van der Waals surface area contributed by atoms with Crippen LogP contribution in [0.3, 0.4) is 0 Å². The largest absolute Gasteiger partial charge is 0.397 e. The number of hydrogen-bond donors (Lipinski definition) is 2. The second kappa shape index (κ2) is 17.1. The van der Waals surface area contributed by atoms with Crippen molar-refractivity contribution in [3.8, 4) is 99.5 Å². The highest BCUT2D eigenvalue weighted by Crippen LogP contribution is 2.58. The lowest BCUT2D eigenvalue weighted by atomic mass is 9.76. The summed E-state index contributed by atoms with van der Waals surface area (Å²) in [5.74, 6) is 0. The van der Waals surface area contributed by atoms with Gasteiger partial charge in [-0.05, 0) is 89.0 Å². The molecular weight excluding hydrogens is 805 g/mol. The van der Waals surface area contributed by atoms with Crippen molar-refractivity contribution < 1.29 is 0 Å². The van der Waals surface area contributed by atoms with Crippen LogP contribution in [-0.2, 0) is 0 Å². The maximum Gasteiger partial charge on any atom is 0.0640 e. The third-order valence-electron chi connectivity index (χ3n) is 12.6. The summed E-state index contributed by atoms with van der Waals surface area (Å²) < 4.78 is 0. The monoisotopic (exact) mass is 848 g/mol. The molecule has 0 radical (unpaired) electrons. The highest BCUT2D eigenvalue weighted by molar-refractivity contribution is 7.13. The standard InChI is InChI=1S/C62H44N2S/c63-61-59(53-35-17-15-33-50(53)49-32-14-12-29-45(49)41-21-4-1-5-22-41)57(51-34-16-13-31-46(51)42-23-6-2-7-24-42)58(52-37-18-28-43-27-10-11-30-47(43)52)60(62(61)64)54-38-19-36-48(44-25-8-3-9-26-44)56(54)55-39-20-40-65-55/h1-40H,63-64H2. The molecule has 0 unspecified atom stereocenters. The van der Waals surface area contributed by atoms with Crippen LogP contribution >= 0.6 is 11.3 Å². The molecule has 65 heavy (non-hydrogen) atoms. The van der Waals surface area contributed by atoms with E-state index in [-0.39, 0.29) is 0 Å². The SMILES string of the molecule is Nc1c(N)c(-c2cccc(-c3ccccc3)c2-c2cccs2)c(-c2cccc3ccccc23)c(-c2ccccc2-c2ccccc2)c1-c1ccccc1-c1ccccc1-c1ccccc1. The molecule has 0 saturated carbocycles. The average molecular weight is 849 g/mol. The van der Waals surface area contributed by atoms with Gasteiger partial charge in [-0.1, -0.05) is 231 Å². The van der Waals surface area contributed by atoms with Crippen LogP contribution in [0.5, 0.6) is 0 Å². The fraction of sp³-hybridized carbons (Fsp3) is 0. The molecule has 11 rings (SSSR count). The minimum absolute atomic E-state index is 0.536. The maximum atomic E-state index is 7.83. The first kappa shape index (κ1) is 39.6. The number of anilines is 2. The van der Waals surface area contributed by atoms with Gasteiger partial charge in [0.15, 0.2) is 0 Å². The van der Waals surface area contributed by atoms with Gasteiger partial charge in [-0.2, -0.15) is 0 Å². The molecule has 0 saturated heterocycles. The Morgan fingerprint density at radius 3 is 1.23 bits per heavy atom. The number of hydrogen-bond acceptors (Lipinski definition) is 3. The quantitative estimate of drug-likeness (QED) is 0.142. The zero-order chi connectivity index (χ0) is 43.7. The Labute approximate surface area is 384 Å². The topological polar surface area (TPSA) is 52.0 Å². The first-order valence-electron chi connectivity index (χ1n) is 22.0. The number of rotatable bonds is 9. The molecule has 0 spiro atoms. The average Bonchev–Trinajstić information content (AvgIpc) is 3.93. The van der Waals surface area contributed by atoms with Crippen LogP contribution in [-0.4, -0.2) is 0 Å². The fourth-order valence-corrected chi connectivity index (χ4v) is 10.5. The zero-order valence-corrected chi connectivity index (χ0v) is 36.5. The molecule has 0 fully saturated rings. The Morgan fingerprint density at radius 2 is 0.631 bits per heavy atom. The molecule has 308 valence electrons. The summed E-state index contributed by atoms with van der Waals surface area (Å²) in [6.45, 7) is 0. The van der Waals surface area contributed by atoms with Gasteiger partial charge in [0.1, 0.15) is 0 Å². The minimum Gasteiger partial charge on any atom is -0.397 e. The first-order chi connectivity index (χ1) is 32.2. The van der Waals surface area contributed by atoms with Crippen LogP contribution in [0.4, 0.5) is 11.4 Å². The number of nitrogen functional groups attached to an aromatic ring is 2. The molecule has 0 atom stereocenters. The summed E-state index contributed by atoms with van der Waals surface area (Å²) >= 11 is 1.74. The van der Waals surface area contributed by atoms with Crippen LogP contribution in [0.25, 0.3) is 110 Å². The molecule has 0 aliphatic rings. The molecule has 4 N–H and O–H groups in total. The van der Waals surface area contributed by atoms with Crippen molar-refractivity contribution in [3.63, 3.8) is 0 Å². The molecule has 0 aliphatic heterocycles. The summed E-state index contributed by atoms with van der Waals surface area (Å²) in [6, 6.07) is 84.4. The van der Waals surface area contributed by atoms with Crippen LogP contribution in [0.1, 0.15) is 0 Å². The van der Waals surface area contributed by atoms with Gasteiger partial charge in [0.05, 0.1) is 11.4 Å². The lowest BCUT2D eigenvalue weighted by molar-refractivity contribution is 1.52. The Hall–Kier alpha value is -8.24. The van der Waals surface area contributed by atoms with E-state index >= 15 is 0 Å². The Bertz CT molecular complexity index is 3480. The Morgan fingerprint density at radius 1 is 0.246 bits per heavy atom. The molecule has 1 aromatic heterocycles. The second-order valence-electron chi connectivity index (χ2n) is 16.3. The van der Waals surface area contributed by atoms with Crippen molar-refractivity contribution in [2.75, 3.05) is 11.5 Å². The molecule has 10 aromatic carbocycles. The van der Waals surface area contributed by atoms with Crippen molar-refractivity contribution in [3.05, 3.63) is 242 Å². The summed E-state index contributed by atoms with van der Waals surface area (Å²) in [5.41, 5.74) is 34.8. The highest BCUT2D eigenvalue weighted by atomic mass is 32.1. The minimum atomic E-state index is 0.536. The van der Waals surface area contributed by atoms with E-state index < -0.39 is 0 Å². The van der Waals surface area contributed by atoms with E-state index in [1.165, 1.54) is 0 Å². The molecular formula is C62H44N2S. The highest BCUT2D eigenvalue weighted by Gasteiger charge is 2.31. The predicted octanol–water partition coefficient (Wildman–Crippen LogP) is 17.1. The smallest absolute Gasteiger partial charge is 0.0640 e. The van der Waals surface area contributed by atoms with Gasteiger partial charge < -0.3 is 11.5 Å². The fourth-order valence-electron chi connectivity index (χ4n) is 9.73. The van der Waals surface area contributed by atoms with Gasteiger partial charge in [-0.3, -0.25) is 0 Å². The molecule has 0 amide bonds. The van der Waals surface area contributed by atoms with Crippen molar-refractivity contribution in [2.24, 2.45) is 0 Å². The first-order valence-corrected chi connectivity index (χ1v) is 22.9.